The molecule has 0 radical (unpaired) electrons. The maximum Gasteiger partial charge on any atom is 0.290 e. The summed E-state index contributed by atoms with van der Waals surface area (Å²) in [5.41, 5.74) is 5.91. The highest BCUT2D eigenvalue weighted by molar-refractivity contribution is 5.84. The smallest absolute Gasteiger partial charge is 0.290 e. The highest BCUT2D eigenvalue weighted by Crippen LogP contribution is 2.20. The molecule has 100 heavy (non-hydrogen) atoms. The second-order valence-corrected chi connectivity index (χ2v) is 19.7. The molecule has 0 atom stereocenters. The molecule has 0 saturated carbocycles. The van der Waals surface area contributed by atoms with Crippen molar-refractivity contribution in [3.63, 3.8) is 0 Å². The van der Waals surface area contributed by atoms with E-state index in [9.17, 15) is 48.9 Å². The second-order valence-electron chi connectivity index (χ2n) is 19.7. The van der Waals surface area contributed by atoms with Crippen molar-refractivity contribution in [1.29, 1.82) is 0 Å². The van der Waals surface area contributed by atoms with Gasteiger partial charge in [-0.05, 0) is 66.7 Å². The monoisotopic (exact) mass is 1340 g/mol. The third-order valence-electron chi connectivity index (χ3n) is 13.2. The van der Waals surface area contributed by atoms with Gasteiger partial charge in [-0.25, -0.2) is 35.0 Å². The van der Waals surface area contributed by atoms with Gasteiger partial charge in [0.15, 0.2) is 28.3 Å². The second kappa shape index (κ2) is 33.5. The zero-order valence-corrected chi connectivity index (χ0v) is 51.4. The molecule has 0 unspecified atom stereocenters. The molecule has 0 saturated heterocycles. The lowest BCUT2D eigenvalue weighted by molar-refractivity contribution is 0.477. The van der Waals surface area contributed by atoms with Crippen LogP contribution in [0.15, 0.2) is 274 Å². The Kier molecular flexibility index (Phi) is 22.6. The Morgan fingerprint density at radius 3 is 1.35 bits per heavy atom. The summed E-state index contributed by atoms with van der Waals surface area (Å²) < 4.78 is 0. The van der Waals surface area contributed by atoms with Crippen molar-refractivity contribution in [2.24, 2.45) is 0 Å². The quantitative estimate of drug-likeness (QED) is 0.0855. The fourth-order valence-electron chi connectivity index (χ4n) is 8.63. The largest absolute Gasteiger partial charge is 0.504 e. The minimum atomic E-state index is -0.247. The molecule has 0 aromatic carbocycles. The van der Waals surface area contributed by atoms with Crippen molar-refractivity contribution in [3.05, 3.63) is 312 Å². The Morgan fingerprint density at radius 1 is 0.280 bits per heavy atom. The lowest BCUT2D eigenvalue weighted by Crippen LogP contribution is -2.10. The van der Waals surface area contributed by atoms with Gasteiger partial charge in [0.2, 0.25) is 16.3 Å². The van der Waals surface area contributed by atoms with Gasteiger partial charge in [-0.2, -0.15) is 5.10 Å². The van der Waals surface area contributed by atoms with Crippen molar-refractivity contribution in [3.8, 4) is 17.2 Å². The zero-order chi connectivity index (χ0) is 70.0. The van der Waals surface area contributed by atoms with Crippen LogP contribution in [-0.4, -0.2) is 130 Å². The molecule has 18 aromatic heterocycles. The van der Waals surface area contributed by atoms with E-state index in [1.54, 1.807) is 129 Å². The van der Waals surface area contributed by atoms with E-state index in [0.29, 0.717) is 71.7 Å². The number of fused-ring (bicyclic) bond motifs is 9. The molecule has 0 aliphatic heterocycles. The van der Waals surface area contributed by atoms with Gasteiger partial charge in [0, 0.05) is 145 Å². The summed E-state index contributed by atoms with van der Waals surface area (Å²) in [6.07, 6.45) is 36.7. The van der Waals surface area contributed by atoms with Crippen LogP contribution in [-0.2, 0) is 0 Å². The number of aromatic amines is 7. The number of pyridine rings is 13. The minimum absolute atomic E-state index is 0.0423. The van der Waals surface area contributed by atoms with Crippen molar-refractivity contribution in [2.45, 2.75) is 0 Å². The van der Waals surface area contributed by atoms with Gasteiger partial charge in [0.25, 0.3) is 22.2 Å². The van der Waals surface area contributed by atoms with Gasteiger partial charge >= 0.3 is 0 Å². The molecular weight excluding hydrogens is 1290 g/mol. The number of hydrogen-bond acceptors (Lipinski definition) is 26. The molecule has 492 valence electrons. The number of rotatable bonds is 0. The zero-order valence-electron chi connectivity index (χ0n) is 51.4. The Balaban J connectivity index is 0.000000122. The van der Waals surface area contributed by atoms with Gasteiger partial charge in [-0.1, -0.05) is 6.07 Å². The summed E-state index contributed by atoms with van der Waals surface area (Å²) >= 11 is 0. The Morgan fingerprint density at radius 2 is 0.730 bits per heavy atom. The van der Waals surface area contributed by atoms with Crippen LogP contribution in [0.3, 0.4) is 0 Å². The maximum absolute atomic E-state index is 11.1. The summed E-state index contributed by atoms with van der Waals surface area (Å²) in [5.74, 6) is 0.281. The first-order chi connectivity index (χ1) is 48.8. The van der Waals surface area contributed by atoms with E-state index in [-0.39, 0.29) is 55.8 Å². The van der Waals surface area contributed by atoms with Crippen molar-refractivity contribution in [2.75, 3.05) is 0 Å². The van der Waals surface area contributed by atoms with E-state index >= 15 is 0 Å². The minimum Gasteiger partial charge on any atom is -0.504 e. The Hall–Kier alpha value is -15.3. The van der Waals surface area contributed by atoms with Crippen LogP contribution in [0.5, 0.6) is 17.2 Å². The van der Waals surface area contributed by atoms with Gasteiger partial charge in [-0.15, -0.1) is 0 Å². The Labute approximate surface area is 556 Å². The SMILES string of the molecule is O=c1[nH]ccc2cccnc12.O=c1[nH]ccc2nccnc12.O=c1[nH]cnc2cccnc12.O=c1[nH]ncc2cccnc12.O=c1cc[nH]c2c(=O)cc[nH]c12.O=c1cc[nH]c2cccnc12.Oc1cncc2cccnc12.Oc1cncc2cncnc12.Oc1cncc2nccnc12. The van der Waals surface area contributed by atoms with Crippen LogP contribution in [0, 0.1) is 0 Å². The first-order valence-corrected chi connectivity index (χ1v) is 29.0. The molecule has 10 N–H and O–H groups in total. The predicted octanol–water partition coefficient (Wildman–Crippen LogP) is 5.81. The van der Waals surface area contributed by atoms with Crippen LogP contribution in [0.4, 0.5) is 0 Å². The number of hydrogen-bond donors (Lipinski definition) is 10. The molecule has 0 aliphatic carbocycles. The number of H-pyrrole nitrogens is 7. The molecule has 18 aromatic rings. The predicted molar refractivity (Wildman–Crippen MR) is 370 cm³/mol. The number of aromatic hydroxyl groups is 3. The lowest BCUT2D eigenvalue weighted by atomic mass is 10.3. The van der Waals surface area contributed by atoms with E-state index in [2.05, 4.69) is 115 Å². The topological polar surface area (TPSA) is 497 Å². The molecule has 0 aliphatic rings. The van der Waals surface area contributed by atoms with E-state index in [1.165, 1.54) is 74.2 Å². The normalized spacial score (nSPS) is 10.2. The van der Waals surface area contributed by atoms with E-state index in [0.717, 1.165) is 27.1 Å². The fourth-order valence-corrected chi connectivity index (χ4v) is 8.63. The highest BCUT2D eigenvalue weighted by atomic mass is 16.3. The van der Waals surface area contributed by atoms with Crippen LogP contribution in [0.25, 0.3) is 98.8 Å². The van der Waals surface area contributed by atoms with Crippen molar-refractivity contribution < 1.29 is 15.3 Å². The average molecular weight is 1340 g/mol. The van der Waals surface area contributed by atoms with E-state index in [1.807, 2.05) is 36.4 Å². The average Bonchev–Trinajstić information content (AvgIpc) is 0.810. The van der Waals surface area contributed by atoms with Crippen molar-refractivity contribution >= 4 is 98.8 Å². The first-order valence-electron chi connectivity index (χ1n) is 29.0. The molecular formula is C67H49N23O10. The van der Waals surface area contributed by atoms with Crippen LogP contribution >= 0.6 is 0 Å². The van der Waals surface area contributed by atoms with Gasteiger partial charge in [0.05, 0.1) is 53.9 Å². The maximum atomic E-state index is 11.1. The summed E-state index contributed by atoms with van der Waals surface area (Å²) in [7, 11) is 0. The molecule has 33 nitrogen and oxygen atoms in total. The van der Waals surface area contributed by atoms with Crippen LogP contribution in [0.1, 0.15) is 0 Å². The van der Waals surface area contributed by atoms with E-state index < -0.39 is 0 Å². The molecule has 0 amide bonds. The number of nitrogens with one attached hydrogen (secondary N) is 7. The standard InChI is InChI=1S/C8H6N2O2.3C8H6N2O.5C7H5N3O/c11-5-1-3-9-8-6(12)2-4-10-7(5)8;11-7-3-5-9-6-2-1-4-10-8(6)7;11-8-7-6(3-5-10-8)2-1-4-9-7;11-7-5-9-4-6-2-1-3-10-8(6)7;11-6-3-8-1-5-2-9-4-10-7(5)6;11-6-4-8-3-5-7(6)10-2-1-9-5;11-7-6-5(1-2-10-7)8-3-4-9-6;11-7-6-5(9-4-10-7)2-1-3-8-6;11-7-6-5(4-9-10-7)2-1-3-8-6/h1-4H,(H,9,11)(H,10,12);1-5H,(H,9,11);1-5H,(H,10,11);1-5,11H;2*1-4,11H;1-4H,(H,10,11);1-4H,(H,9,10,11);1-4H,(H,10,11). The summed E-state index contributed by atoms with van der Waals surface area (Å²) in [4.78, 5) is 152. The fraction of sp³-hybridized carbons (Fsp3) is 0. The highest BCUT2D eigenvalue weighted by Gasteiger charge is 2.04. The molecule has 0 spiro atoms. The molecule has 33 heteroatoms. The number of aromatic nitrogens is 23. The van der Waals surface area contributed by atoms with Gasteiger partial charge in [-0.3, -0.25) is 78.4 Å². The van der Waals surface area contributed by atoms with Crippen LogP contribution < -0.4 is 38.5 Å². The summed E-state index contributed by atoms with van der Waals surface area (Å²) in [5, 5.41) is 36.8. The number of nitrogens with zero attached hydrogens (tertiary/aromatic N) is 16. The van der Waals surface area contributed by atoms with Gasteiger partial charge in [0.1, 0.15) is 56.0 Å². The Bertz CT molecular complexity index is 5490. The third-order valence-corrected chi connectivity index (χ3v) is 13.2. The summed E-state index contributed by atoms with van der Waals surface area (Å²) in [6.45, 7) is 0. The summed E-state index contributed by atoms with van der Waals surface area (Å²) in [6, 6.07) is 25.7. The van der Waals surface area contributed by atoms with E-state index in [4.69, 9.17) is 0 Å². The van der Waals surface area contributed by atoms with Crippen LogP contribution in [0.2, 0.25) is 0 Å². The molecule has 0 bridgehead atoms. The molecule has 18 rings (SSSR count). The first kappa shape index (κ1) is 67.6. The lowest BCUT2D eigenvalue weighted by Gasteiger charge is -1.95. The molecule has 0 fully saturated rings. The van der Waals surface area contributed by atoms with Crippen molar-refractivity contribution in [1.82, 2.24) is 115 Å². The molecule has 18 heterocycles. The third kappa shape index (κ3) is 17.7. The van der Waals surface area contributed by atoms with Gasteiger partial charge < -0.3 is 45.2 Å².